The Labute approximate surface area is 193 Å². The maximum atomic E-state index is 13.1. The minimum absolute atomic E-state index is 0.170. The number of nitrogens with one attached hydrogen (secondary N) is 3. The van der Waals surface area contributed by atoms with Crippen LogP contribution in [0.1, 0.15) is 23.3 Å². The summed E-state index contributed by atoms with van der Waals surface area (Å²) in [6, 6.07) is 8.14. The Morgan fingerprint density at radius 1 is 1.26 bits per heavy atom. The van der Waals surface area contributed by atoms with Gasteiger partial charge in [-0.2, -0.15) is 15.1 Å². The topological polar surface area (TPSA) is 168 Å². The molecule has 0 radical (unpaired) electrons. The van der Waals surface area contributed by atoms with Crippen molar-refractivity contribution in [2.75, 3.05) is 29.2 Å². The molecule has 13 heteroatoms. The third-order valence-electron chi connectivity index (χ3n) is 5.48. The van der Waals surface area contributed by atoms with Crippen LogP contribution < -0.4 is 26.0 Å². The number of carbonyl (C=O) groups is 2. The average molecular weight is 462 g/mol. The summed E-state index contributed by atoms with van der Waals surface area (Å²) in [5, 5.41) is 12.6. The minimum Gasteiger partial charge on any atom is -0.481 e. The van der Waals surface area contributed by atoms with Gasteiger partial charge in [0.15, 0.2) is 5.82 Å². The van der Waals surface area contributed by atoms with E-state index in [1.807, 2.05) is 17.0 Å². The molecule has 1 aliphatic rings. The largest absolute Gasteiger partial charge is 0.481 e. The number of nitrogens with zero attached hydrogens (tertiary/aromatic N) is 6. The number of fused-ring (bicyclic) bond motifs is 1. The summed E-state index contributed by atoms with van der Waals surface area (Å²) < 4.78 is 6.80. The maximum Gasteiger partial charge on any atom is 0.266 e. The van der Waals surface area contributed by atoms with E-state index in [-0.39, 0.29) is 11.6 Å². The first kappa shape index (κ1) is 21.2. The molecule has 13 nitrogen and oxygen atoms in total. The summed E-state index contributed by atoms with van der Waals surface area (Å²) in [5.41, 5.74) is 6.68. The van der Waals surface area contributed by atoms with Crippen LogP contribution in [0.3, 0.4) is 0 Å². The number of primary amides is 1. The predicted molar refractivity (Wildman–Crippen MR) is 123 cm³/mol. The summed E-state index contributed by atoms with van der Waals surface area (Å²) in [4.78, 5) is 39.7. The number of H-pyrrole nitrogens is 1. The number of amides is 2. The van der Waals surface area contributed by atoms with Crippen LogP contribution in [-0.2, 0) is 4.79 Å². The molecule has 1 saturated heterocycles. The van der Waals surface area contributed by atoms with Gasteiger partial charge < -0.3 is 26.0 Å². The van der Waals surface area contributed by atoms with Crippen molar-refractivity contribution in [2.24, 2.45) is 5.73 Å². The zero-order chi connectivity index (χ0) is 23.7. The number of ether oxygens (including phenoxy) is 1. The summed E-state index contributed by atoms with van der Waals surface area (Å²) in [7, 11) is 1.53. The molecule has 5 heterocycles. The minimum atomic E-state index is -0.618. The van der Waals surface area contributed by atoms with E-state index >= 15 is 0 Å². The van der Waals surface area contributed by atoms with Gasteiger partial charge in [-0.1, -0.05) is 0 Å². The molecule has 4 aromatic rings. The zero-order valence-corrected chi connectivity index (χ0v) is 18.2. The van der Waals surface area contributed by atoms with Gasteiger partial charge in [-0.15, -0.1) is 0 Å². The zero-order valence-electron chi connectivity index (χ0n) is 18.2. The second-order valence-electron chi connectivity index (χ2n) is 7.67. The molecule has 34 heavy (non-hydrogen) atoms. The van der Waals surface area contributed by atoms with Crippen LogP contribution in [0.15, 0.2) is 42.7 Å². The van der Waals surface area contributed by atoms with Crippen LogP contribution >= 0.6 is 0 Å². The Bertz CT molecular complexity index is 1350. The van der Waals surface area contributed by atoms with Crippen LogP contribution in [0.25, 0.3) is 5.65 Å². The number of methoxy groups -OCH3 is 1. The van der Waals surface area contributed by atoms with Crippen molar-refractivity contribution in [1.29, 1.82) is 0 Å². The van der Waals surface area contributed by atoms with Gasteiger partial charge in [0.25, 0.3) is 5.91 Å². The van der Waals surface area contributed by atoms with Gasteiger partial charge in [-0.05, 0) is 31.0 Å². The monoisotopic (exact) mass is 462 g/mol. The lowest BCUT2D eigenvalue weighted by Crippen LogP contribution is -2.40. The number of hydrogen-bond acceptors (Lipinski definition) is 9. The molecule has 0 aliphatic carbocycles. The number of anilines is 4. The number of aromatic amines is 1. The van der Waals surface area contributed by atoms with Gasteiger partial charge in [-0.3, -0.25) is 19.1 Å². The van der Waals surface area contributed by atoms with Crippen molar-refractivity contribution >= 4 is 40.9 Å². The molecule has 4 aromatic heterocycles. The smallest absolute Gasteiger partial charge is 0.266 e. The number of rotatable bonds is 7. The molecular formula is C21H22N10O3. The summed E-state index contributed by atoms with van der Waals surface area (Å²) in [6.45, 7) is 0.628. The molecule has 5 rings (SSSR count). The lowest BCUT2D eigenvalue weighted by molar-refractivity contribution is -0.117. The predicted octanol–water partition coefficient (Wildman–Crippen LogP) is 1.31. The van der Waals surface area contributed by atoms with Crippen molar-refractivity contribution in [3.8, 4) is 5.88 Å². The first-order chi connectivity index (χ1) is 16.5. The Hall–Kier alpha value is -4.68. The van der Waals surface area contributed by atoms with Gasteiger partial charge in [0.2, 0.25) is 23.7 Å². The van der Waals surface area contributed by atoms with E-state index in [1.165, 1.54) is 13.2 Å². The fourth-order valence-corrected chi connectivity index (χ4v) is 3.84. The van der Waals surface area contributed by atoms with Crippen LogP contribution in [0.2, 0.25) is 0 Å². The molecule has 5 N–H and O–H groups in total. The molecule has 0 saturated carbocycles. The first-order valence-corrected chi connectivity index (χ1v) is 10.6. The van der Waals surface area contributed by atoms with Crippen molar-refractivity contribution in [1.82, 2.24) is 29.5 Å². The van der Waals surface area contributed by atoms with Crippen LogP contribution in [0.4, 0.5) is 23.4 Å². The standard InChI is InChI=1S/C21H22N10O3/c1-34-17-7-6-12(11-23-17)24-19(33)14-4-2-8-30(14)21-26-16-5-3-9-31(16)20(27-21)25-15-10-13(18(22)32)28-29-15/h3,5-7,9-11,14H,2,4,8H2,1H3,(H2,22,32)(H,24,33)(H2,25,26,27,28,29). The summed E-state index contributed by atoms with van der Waals surface area (Å²) >= 11 is 0. The average Bonchev–Trinajstić information content (AvgIpc) is 3.59. The van der Waals surface area contributed by atoms with Gasteiger partial charge >= 0.3 is 0 Å². The Kier molecular flexibility index (Phi) is 5.41. The highest BCUT2D eigenvalue weighted by molar-refractivity contribution is 5.97. The highest BCUT2D eigenvalue weighted by Gasteiger charge is 2.33. The van der Waals surface area contributed by atoms with Crippen molar-refractivity contribution in [3.63, 3.8) is 0 Å². The highest BCUT2D eigenvalue weighted by atomic mass is 16.5. The van der Waals surface area contributed by atoms with E-state index in [9.17, 15) is 9.59 Å². The molecule has 174 valence electrons. The van der Waals surface area contributed by atoms with Crippen LogP contribution in [-0.4, -0.2) is 61.1 Å². The normalized spacial score (nSPS) is 15.4. The molecule has 0 bridgehead atoms. The molecule has 0 spiro atoms. The fourth-order valence-electron chi connectivity index (χ4n) is 3.84. The van der Waals surface area contributed by atoms with Gasteiger partial charge in [0.1, 0.15) is 17.4 Å². The summed E-state index contributed by atoms with van der Waals surface area (Å²) in [5.74, 6) is 0.887. The van der Waals surface area contributed by atoms with E-state index in [0.29, 0.717) is 47.9 Å². The highest BCUT2D eigenvalue weighted by Crippen LogP contribution is 2.26. The van der Waals surface area contributed by atoms with E-state index in [1.54, 1.807) is 28.9 Å². The van der Waals surface area contributed by atoms with Gasteiger partial charge in [0.05, 0.1) is 19.0 Å². The van der Waals surface area contributed by atoms with Crippen molar-refractivity contribution < 1.29 is 14.3 Å². The molecule has 1 aliphatic heterocycles. The van der Waals surface area contributed by atoms with Crippen molar-refractivity contribution in [2.45, 2.75) is 18.9 Å². The molecule has 0 aromatic carbocycles. The van der Waals surface area contributed by atoms with E-state index in [4.69, 9.17) is 10.5 Å². The van der Waals surface area contributed by atoms with Crippen LogP contribution in [0.5, 0.6) is 5.88 Å². The Morgan fingerprint density at radius 3 is 2.88 bits per heavy atom. The number of carbonyl (C=O) groups excluding carboxylic acids is 2. The number of nitrogens with two attached hydrogens (primary N) is 1. The molecule has 1 unspecified atom stereocenters. The summed E-state index contributed by atoms with van der Waals surface area (Å²) in [6.07, 6.45) is 4.83. The Balaban J connectivity index is 1.40. The quantitative estimate of drug-likeness (QED) is 0.316. The lowest BCUT2D eigenvalue weighted by atomic mass is 10.2. The lowest BCUT2D eigenvalue weighted by Gasteiger charge is -2.24. The molecule has 2 amide bonds. The van der Waals surface area contributed by atoms with E-state index < -0.39 is 11.9 Å². The SMILES string of the molecule is COc1ccc(NC(=O)C2CCCN2c2nc(Nc3cc(C(N)=O)[nH]n3)n3cccc3n2)cn1. The van der Waals surface area contributed by atoms with E-state index in [2.05, 4.69) is 35.8 Å². The van der Waals surface area contributed by atoms with Crippen LogP contribution in [0, 0.1) is 0 Å². The van der Waals surface area contributed by atoms with Gasteiger partial charge in [0, 0.05) is 24.9 Å². The number of pyridine rings is 1. The first-order valence-electron chi connectivity index (χ1n) is 10.6. The molecule has 1 atom stereocenters. The Morgan fingerprint density at radius 2 is 2.15 bits per heavy atom. The fraction of sp³-hybridized carbons (Fsp3) is 0.238. The number of hydrogen-bond donors (Lipinski definition) is 4. The van der Waals surface area contributed by atoms with Gasteiger partial charge in [-0.25, -0.2) is 4.98 Å². The third kappa shape index (κ3) is 4.05. The third-order valence-corrected chi connectivity index (χ3v) is 5.48. The van der Waals surface area contributed by atoms with Crippen molar-refractivity contribution in [3.05, 3.63) is 48.4 Å². The second kappa shape index (κ2) is 8.69. The maximum absolute atomic E-state index is 13.1. The second-order valence-corrected chi connectivity index (χ2v) is 7.67. The number of aromatic nitrogens is 6. The van der Waals surface area contributed by atoms with E-state index in [0.717, 1.165) is 6.42 Å². The molecule has 1 fully saturated rings. The molecular weight excluding hydrogens is 440 g/mol.